The van der Waals surface area contributed by atoms with E-state index >= 15 is 0 Å². The third kappa shape index (κ3) is 6.66. The molecule has 3 rings (SSSR count). The molecule has 0 heterocycles. The molecule has 32 heavy (non-hydrogen) atoms. The summed E-state index contributed by atoms with van der Waals surface area (Å²) in [4.78, 5) is 36.0. The molecule has 3 aromatic rings. The van der Waals surface area contributed by atoms with Gasteiger partial charge in [0.25, 0.3) is 11.8 Å². The van der Waals surface area contributed by atoms with Gasteiger partial charge < -0.3 is 10.1 Å². The van der Waals surface area contributed by atoms with Gasteiger partial charge in [0.1, 0.15) is 5.75 Å². The number of hydrazone groups is 1. The number of rotatable bonds is 7. The molecule has 0 saturated heterocycles. The van der Waals surface area contributed by atoms with Gasteiger partial charge in [0, 0.05) is 5.02 Å². The number of hydrogen-bond acceptors (Lipinski definition) is 5. The SMILES string of the molecule is O=C(CNC(=O)c1ccccc1Cl)N/N=C/c1ccc(OC(=O)c2ccc(Cl)cc2)cc1. The van der Waals surface area contributed by atoms with Crippen LogP contribution in [0.15, 0.2) is 77.9 Å². The third-order valence-electron chi connectivity index (χ3n) is 4.10. The summed E-state index contributed by atoms with van der Waals surface area (Å²) >= 11 is 11.7. The number of nitrogens with one attached hydrogen (secondary N) is 2. The van der Waals surface area contributed by atoms with E-state index in [1.165, 1.54) is 6.21 Å². The monoisotopic (exact) mass is 469 g/mol. The van der Waals surface area contributed by atoms with Gasteiger partial charge in [0.05, 0.1) is 28.9 Å². The first-order valence-electron chi connectivity index (χ1n) is 9.35. The number of carbonyl (C=O) groups is 3. The van der Waals surface area contributed by atoms with Crippen molar-refractivity contribution in [3.8, 4) is 5.75 Å². The number of benzene rings is 3. The van der Waals surface area contributed by atoms with Crippen molar-refractivity contribution in [1.82, 2.24) is 10.7 Å². The second-order valence-electron chi connectivity index (χ2n) is 6.42. The van der Waals surface area contributed by atoms with Crippen LogP contribution in [0.2, 0.25) is 10.0 Å². The number of halogens is 2. The predicted molar refractivity (Wildman–Crippen MR) is 122 cm³/mol. The first-order valence-corrected chi connectivity index (χ1v) is 10.1. The Labute approximate surface area is 194 Å². The highest BCUT2D eigenvalue weighted by Crippen LogP contribution is 2.16. The molecule has 3 aromatic carbocycles. The number of esters is 1. The summed E-state index contributed by atoms with van der Waals surface area (Å²) in [5.74, 6) is -1.11. The van der Waals surface area contributed by atoms with Crippen LogP contribution < -0.4 is 15.5 Å². The van der Waals surface area contributed by atoms with Gasteiger partial charge >= 0.3 is 5.97 Å². The Morgan fingerprint density at radius 1 is 0.906 bits per heavy atom. The molecule has 9 heteroatoms. The first-order chi connectivity index (χ1) is 15.4. The summed E-state index contributed by atoms with van der Waals surface area (Å²) < 4.78 is 5.29. The lowest BCUT2D eigenvalue weighted by atomic mass is 10.2. The molecule has 2 amide bonds. The average Bonchev–Trinajstić information content (AvgIpc) is 2.79. The normalized spacial score (nSPS) is 10.6. The van der Waals surface area contributed by atoms with Crippen LogP contribution >= 0.6 is 23.2 Å². The standard InChI is InChI=1S/C23H17Cl2N3O4/c24-17-9-7-16(8-10-17)23(31)32-18-11-5-15(6-12-18)13-27-28-21(29)14-26-22(30)19-3-1-2-4-20(19)25/h1-13H,14H2,(H,26,30)(H,28,29)/b27-13+. The van der Waals surface area contributed by atoms with E-state index in [0.29, 0.717) is 26.9 Å². The van der Waals surface area contributed by atoms with Gasteiger partial charge in [0.2, 0.25) is 0 Å². The minimum Gasteiger partial charge on any atom is -0.423 e. The fourth-order valence-electron chi connectivity index (χ4n) is 2.49. The van der Waals surface area contributed by atoms with E-state index < -0.39 is 17.8 Å². The van der Waals surface area contributed by atoms with Crippen molar-refractivity contribution < 1.29 is 19.1 Å². The van der Waals surface area contributed by atoms with E-state index in [-0.39, 0.29) is 12.1 Å². The molecular formula is C23H17Cl2N3O4. The maximum Gasteiger partial charge on any atom is 0.343 e. The molecule has 0 spiro atoms. The molecule has 0 aliphatic rings. The molecule has 0 bridgehead atoms. The fraction of sp³-hybridized carbons (Fsp3) is 0.0435. The summed E-state index contributed by atoms with van der Waals surface area (Å²) in [7, 11) is 0. The van der Waals surface area contributed by atoms with Crippen molar-refractivity contribution in [2.24, 2.45) is 5.10 Å². The number of amides is 2. The minimum absolute atomic E-state index is 0.263. The molecule has 0 aliphatic heterocycles. The Balaban J connectivity index is 1.45. The molecule has 2 N–H and O–H groups in total. The topological polar surface area (TPSA) is 96.9 Å². The van der Waals surface area contributed by atoms with Gasteiger partial charge in [-0.2, -0.15) is 5.10 Å². The van der Waals surface area contributed by atoms with Crippen LogP contribution in [0.5, 0.6) is 5.75 Å². The van der Waals surface area contributed by atoms with E-state index in [2.05, 4.69) is 15.8 Å². The summed E-state index contributed by atoms with van der Waals surface area (Å²) in [5.41, 5.74) is 3.63. The molecule has 7 nitrogen and oxygen atoms in total. The molecule has 0 aliphatic carbocycles. The van der Waals surface area contributed by atoms with E-state index in [0.717, 1.165) is 0 Å². The Hall–Kier alpha value is -3.68. The predicted octanol–water partition coefficient (Wildman–Crippen LogP) is 4.09. The Kier molecular flexibility index (Phi) is 7.96. The van der Waals surface area contributed by atoms with Gasteiger partial charge in [-0.25, -0.2) is 10.2 Å². The van der Waals surface area contributed by atoms with Gasteiger partial charge in [-0.05, 0) is 66.2 Å². The van der Waals surface area contributed by atoms with E-state index in [1.807, 2.05) is 0 Å². The summed E-state index contributed by atoms with van der Waals surface area (Å²) in [5, 5.41) is 7.12. The summed E-state index contributed by atoms with van der Waals surface area (Å²) in [6.45, 7) is -0.263. The van der Waals surface area contributed by atoms with Crippen molar-refractivity contribution >= 4 is 47.2 Å². The third-order valence-corrected chi connectivity index (χ3v) is 4.68. The van der Waals surface area contributed by atoms with Crippen LogP contribution in [-0.2, 0) is 4.79 Å². The second-order valence-corrected chi connectivity index (χ2v) is 7.26. The molecule has 0 atom stereocenters. The lowest BCUT2D eigenvalue weighted by Crippen LogP contribution is -2.35. The average molecular weight is 470 g/mol. The van der Waals surface area contributed by atoms with Crippen LogP contribution in [0.1, 0.15) is 26.3 Å². The zero-order valence-electron chi connectivity index (χ0n) is 16.5. The van der Waals surface area contributed by atoms with Crippen molar-refractivity contribution in [3.05, 3.63) is 99.5 Å². The zero-order valence-corrected chi connectivity index (χ0v) is 18.1. The number of hydrogen-bond donors (Lipinski definition) is 2. The van der Waals surface area contributed by atoms with Crippen molar-refractivity contribution in [3.63, 3.8) is 0 Å². The molecule has 0 unspecified atom stereocenters. The van der Waals surface area contributed by atoms with Gasteiger partial charge in [-0.1, -0.05) is 35.3 Å². The largest absolute Gasteiger partial charge is 0.423 e. The fourth-order valence-corrected chi connectivity index (χ4v) is 2.84. The minimum atomic E-state index is -0.505. The lowest BCUT2D eigenvalue weighted by Gasteiger charge is -2.06. The first kappa shape index (κ1) is 23.0. The summed E-state index contributed by atoms with van der Waals surface area (Å²) in [6, 6.07) is 19.4. The van der Waals surface area contributed by atoms with Crippen LogP contribution in [0, 0.1) is 0 Å². The van der Waals surface area contributed by atoms with Crippen LogP contribution in [0.3, 0.4) is 0 Å². The maximum atomic E-state index is 12.1. The van der Waals surface area contributed by atoms with Gasteiger partial charge in [-0.3, -0.25) is 9.59 Å². The summed E-state index contributed by atoms with van der Waals surface area (Å²) in [6.07, 6.45) is 1.42. The number of nitrogens with zero attached hydrogens (tertiary/aromatic N) is 1. The van der Waals surface area contributed by atoms with E-state index in [4.69, 9.17) is 27.9 Å². The Morgan fingerprint density at radius 2 is 1.59 bits per heavy atom. The van der Waals surface area contributed by atoms with E-state index in [1.54, 1.807) is 72.8 Å². The quantitative estimate of drug-likeness (QED) is 0.235. The van der Waals surface area contributed by atoms with Crippen LogP contribution in [-0.4, -0.2) is 30.5 Å². The highest BCUT2D eigenvalue weighted by molar-refractivity contribution is 6.33. The van der Waals surface area contributed by atoms with E-state index in [9.17, 15) is 14.4 Å². The van der Waals surface area contributed by atoms with Crippen molar-refractivity contribution in [2.45, 2.75) is 0 Å². The number of carbonyl (C=O) groups excluding carboxylic acids is 3. The molecule has 0 saturated carbocycles. The molecular weight excluding hydrogens is 453 g/mol. The van der Waals surface area contributed by atoms with Gasteiger partial charge in [0.15, 0.2) is 0 Å². The molecule has 162 valence electrons. The van der Waals surface area contributed by atoms with Crippen molar-refractivity contribution in [1.29, 1.82) is 0 Å². The highest BCUT2D eigenvalue weighted by atomic mass is 35.5. The Morgan fingerprint density at radius 3 is 2.28 bits per heavy atom. The zero-order chi connectivity index (χ0) is 22.9. The molecule has 0 aromatic heterocycles. The highest BCUT2D eigenvalue weighted by Gasteiger charge is 2.11. The number of ether oxygens (including phenoxy) is 1. The van der Waals surface area contributed by atoms with Crippen LogP contribution in [0.25, 0.3) is 0 Å². The second kappa shape index (κ2) is 11.1. The smallest absolute Gasteiger partial charge is 0.343 e. The molecule has 0 fully saturated rings. The van der Waals surface area contributed by atoms with Gasteiger partial charge in [-0.15, -0.1) is 0 Å². The molecule has 0 radical (unpaired) electrons. The van der Waals surface area contributed by atoms with Crippen molar-refractivity contribution in [2.75, 3.05) is 6.54 Å². The van der Waals surface area contributed by atoms with Crippen LogP contribution in [0.4, 0.5) is 0 Å². The lowest BCUT2D eigenvalue weighted by molar-refractivity contribution is -0.120. The maximum absolute atomic E-state index is 12.1. The Bertz CT molecular complexity index is 1150.